The van der Waals surface area contributed by atoms with Crippen molar-refractivity contribution in [3.63, 3.8) is 0 Å². The van der Waals surface area contributed by atoms with Gasteiger partial charge in [-0.1, -0.05) is 32.9 Å². The molecule has 3 rings (SSSR count). The summed E-state index contributed by atoms with van der Waals surface area (Å²) in [6.07, 6.45) is 0. The van der Waals surface area contributed by atoms with Crippen LogP contribution in [0.4, 0.5) is 5.69 Å². The van der Waals surface area contributed by atoms with Gasteiger partial charge < -0.3 is 4.90 Å². The summed E-state index contributed by atoms with van der Waals surface area (Å²) in [6, 6.07) is 9.51. The lowest BCUT2D eigenvalue weighted by Crippen LogP contribution is -2.22. The van der Waals surface area contributed by atoms with Crippen molar-refractivity contribution in [2.24, 2.45) is 0 Å². The van der Waals surface area contributed by atoms with Gasteiger partial charge in [-0.3, -0.25) is 0 Å². The minimum absolute atomic E-state index is 0.0244. The van der Waals surface area contributed by atoms with E-state index < -0.39 is 10.0 Å². The van der Waals surface area contributed by atoms with Crippen LogP contribution in [0.25, 0.3) is 10.6 Å². The molecule has 28 heavy (non-hydrogen) atoms. The molecule has 2 aromatic heterocycles. The Bertz CT molecular complexity index is 1040. The van der Waals surface area contributed by atoms with Gasteiger partial charge in [0.1, 0.15) is 9.22 Å². The average Bonchev–Trinajstić information content (AvgIpc) is 3.29. The molecule has 0 unspecified atom stereocenters. The minimum Gasteiger partial charge on any atom is -0.378 e. The molecule has 0 spiro atoms. The molecule has 8 heteroatoms. The summed E-state index contributed by atoms with van der Waals surface area (Å²) in [5, 5.41) is 4.74. The number of benzene rings is 1. The van der Waals surface area contributed by atoms with Gasteiger partial charge in [0.15, 0.2) is 0 Å². The predicted octanol–water partition coefficient (Wildman–Crippen LogP) is 4.71. The lowest BCUT2D eigenvalue weighted by Gasteiger charge is -2.14. The third-order valence-electron chi connectivity index (χ3n) is 4.28. The molecule has 0 saturated carbocycles. The third-order valence-corrected chi connectivity index (χ3v) is 8.01. The van der Waals surface area contributed by atoms with Crippen molar-refractivity contribution in [2.75, 3.05) is 19.0 Å². The molecule has 150 valence electrons. The lowest BCUT2D eigenvalue weighted by atomic mass is 9.93. The molecule has 0 bridgehead atoms. The summed E-state index contributed by atoms with van der Waals surface area (Å²) in [4.78, 5) is 6.67. The minimum atomic E-state index is -3.56. The van der Waals surface area contributed by atoms with Crippen LogP contribution in [0.1, 0.15) is 32.0 Å². The molecule has 5 nitrogen and oxygen atoms in total. The van der Waals surface area contributed by atoms with E-state index in [1.807, 2.05) is 54.0 Å². The van der Waals surface area contributed by atoms with Gasteiger partial charge in [-0.25, -0.2) is 18.1 Å². The zero-order valence-corrected chi connectivity index (χ0v) is 19.1. The first-order valence-corrected chi connectivity index (χ1v) is 12.1. The van der Waals surface area contributed by atoms with Crippen molar-refractivity contribution in [2.45, 2.75) is 36.9 Å². The molecule has 0 radical (unpaired) electrons. The maximum atomic E-state index is 12.7. The molecule has 0 aliphatic rings. The van der Waals surface area contributed by atoms with Crippen LogP contribution in [-0.4, -0.2) is 27.5 Å². The number of hydrogen-bond acceptors (Lipinski definition) is 6. The second kappa shape index (κ2) is 7.94. The molecule has 1 N–H and O–H groups in total. The molecule has 0 aliphatic heterocycles. The Morgan fingerprint density at radius 1 is 1.07 bits per heavy atom. The molecule has 0 amide bonds. The molecular weight excluding hydrogens is 410 g/mol. The highest BCUT2D eigenvalue weighted by Crippen LogP contribution is 2.33. The van der Waals surface area contributed by atoms with Crippen molar-refractivity contribution in [3.05, 3.63) is 52.3 Å². The fraction of sp³-hybridized carbons (Fsp3) is 0.350. The van der Waals surface area contributed by atoms with Crippen molar-refractivity contribution in [1.29, 1.82) is 0 Å². The molecule has 2 heterocycles. The van der Waals surface area contributed by atoms with Crippen LogP contribution < -0.4 is 9.62 Å². The zero-order chi connectivity index (χ0) is 20.5. The molecule has 0 atom stereocenters. The quantitative estimate of drug-likeness (QED) is 0.609. The van der Waals surface area contributed by atoms with E-state index in [4.69, 9.17) is 0 Å². The predicted molar refractivity (Wildman–Crippen MR) is 119 cm³/mol. The Balaban J connectivity index is 1.72. The van der Waals surface area contributed by atoms with Crippen LogP contribution >= 0.6 is 22.7 Å². The molecule has 0 fully saturated rings. The summed E-state index contributed by atoms with van der Waals surface area (Å²) in [5.74, 6) is 0. The lowest BCUT2D eigenvalue weighted by molar-refractivity contribution is 0.573. The van der Waals surface area contributed by atoms with Crippen LogP contribution in [0, 0.1) is 0 Å². The number of thiazole rings is 1. The van der Waals surface area contributed by atoms with Crippen LogP contribution in [0.3, 0.4) is 0 Å². The summed E-state index contributed by atoms with van der Waals surface area (Å²) >= 11 is 2.76. The number of anilines is 1. The number of rotatable bonds is 6. The Morgan fingerprint density at radius 2 is 1.75 bits per heavy atom. The first-order valence-electron chi connectivity index (χ1n) is 8.87. The van der Waals surface area contributed by atoms with Crippen molar-refractivity contribution >= 4 is 38.4 Å². The molecule has 1 aromatic carbocycles. The molecule has 0 aliphatic carbocycles. The van der Waals surface area contributed by atoms with Crippen molar-refractivity contribution < 1.29 is 8.42 Å². The number of hydrogen-bond donors (Lipinski definition) is 1. The first kappa shape index (κ1) is 21.0. The maximum Gasteiger partial charge on any atom is 0.250 e. The van der Waals surface area contributed by atoms with E-state index in [0.717, 1.165) is 27.5 Å². The summed E-state index contributed by atoms with van der Waals surface area (Å²) < 4.78 is 28.3. The number of aromatic nitrogens is 1. The van der Waals surface area contributed by atoms with Crippen LogP contribution in [0.5, 0.6) is 0 Å². The van der Waals surface area contributed by atoms with E-state index in [1.54, 1.807) is 17.4 Å². The van der Waals surface area contributed by atoms with E-state index in [2.05, 4.69) is 30.5 Å². The fourth-order valence-corrected chi connectivity index (χ4v) is 5.82. The smallest absolute Gasteiger partial charge is 0.250 e. The zero-order valence-electron chi connectivity index (χ0n) is 16.7. The van der Waals surface area contributed by atoms with Gasteiger partial charge in [-0.2, -0.15) is 0 Å². The SMILES string of the molecule is CN(C)c1ccc(CNS(=O)(=O)c2cc(-c3nc(C(C)(C)C)cs3)cs2)cc1. The van der Waals surface area contributed by atoms with Crippen LogP contribution in [0.2, 0.25) is 0 Å². The Kier molecular flexibility index (Phi) is 5.95. The van der Waals surface area contributed by atoms with Gasteiger partial charge in [-0.15, -0.1) is 22.7 Å². The molecule has 0 saturated heterocycles. The van der Waals surface area contributed by atoms with Gasteiger partial charge in [-0.05, 0) is 23.8 Å². The summed E-state index contributed by atoms with van der Waals surface area (Å²) in [6.45, 7) is 6.60. The monoisotopic (exact) mass is 435 g/mol. The standard InChI is InChI=1S/C20H25N3O2S3/c1-20(2,3)17-13-27-19(22-17)15-10-18(26-12-15)28(24,25)21-11-14-6-8-16(9-7-14)23(4)5/h6-10,12-13,21H,11H2,1-5H3. The van der Waals surface area contributed by atoms with Crippen molar-refractivity contribution in [1.82, 2.24) is 9.71 Å². The fourth-order valence-electron chi connectivity index (χ4n) is 2.48. The van der Waals surface area contributed by atoms with E-state index in [1.165, 1.54) is 11.3 Å². The van der Waals surface area contributed by atoms with Gasteiger partial charge in [0.25, 0.3) is 0 Å². The van der Waals surface area contributed by atoms with Crippen LogP contribution in [0.15, 0.2) is 45.3 Å². The van der Waals surface area contributed by atoms with Gasteiger partial charge in [0, 0.05) is 48.1 Å². The van der Waals surface area contributed by atoms with Crippen molar-refractivity contribution in [3.8, 4) is 10.6 Å². The second-order valence-corrected chi connectivity index (χ2v) is 11.6. The summed E-state index contributed by atoms with van der Waals surface area (Å²) in [5.41, 5.74) is 3.83. The average molecular weight is 436 g/mol. The normalized spacial score (nSPS) is 12.3. The van der Waals surface area contributed by atoms with E-state index in [9.17, 15) is 8.42 Å². The van der Waals surface area contributed by atoms with Gasteiger partial charge >= 0.3 is 0 Å². The first-order chi connectivity index (χ1) is 13.1. The molecular formula is C20H25N3O2S3. The summed E-state index contributed by atoms with van der Waals surface area (Å²) in [7, 11) is 0.384. The highest BCUT2D eigenvalue weighted by atomic mass is 32.2. The Labute approximate surface area is 175 Å². The molecule has 3 aromatic rings. The van der Waals surface area contributed by atoms with Gasteiger partial charge in [0.2, 0.25) is 10.0 Å². The number of thiophene rings is 1. The number of nitrogens with one attached hydrogen (secondary N) is 1. The Morgan fingerprint density at radius 3 is 2.32 bits per heavy atom. The second-order valence-electron chi connectivity index (χ2n) is 7.83. The number of sulfonamides is 1. The topological polar surface area (TPSA) is 62.3 Å². The van der Waals surface area contributed by atoms with Crippen LogP contribution in [-0.2, 0) is 22.0 Å². The van der Waals surface area contributed by atoms with E-state index in [-0.39, 0.29) is 12.0 Å². The Hall–Kier alpha value is -1.74. The number of nitrogens with zero attached hydrogens (tertiary/aromatic N) is 2. The third kappa shape index (κ3) is 4.81. The van der Waals surface area contributed by atoms with E-state index in [0.29, 0.717) is 4.21 Å². The highest BCUT2D eigenvalue weighted by molar-refractivity contribution is 7.91. The highest BCUT2D eigenvalue weighted by Gasteiger charge is 2.21. The van der Waals surface area contributed by atoms with E-state index >= 15 is 0 Å². The van der Waals surface area contributed by atoms with Gasteiger partial charge in [0.05, 0.1) is 5.69 Å². The maximum absolute atomic E-state index is 12.7. The largest absolute Gasteiger partial charge is 0.378 e.